The van der Waals surface area contributed by atoms with E-state index in [-0.39, 0.29) is 11.2 Å². The normalized spacial score (nSPS) is 12.8. The van der Waals surface area contributed by atoms with Gasteiger partial charge < -0.3 is 11.1 Å². The van der Waals surface area contributed by atoms with Crippen LogP contribution in [0.2, 0.25) is 0 Å². The number of hydrogen-bond acceptors (Lipinski definition) is 6. The van der Waals surface area contributed by atoms with E-state index < -0.39 is 0 Å². The standard InChI is InChI=1S/C8H14N4OS2/c1-4(2)10-7-11-12-8(15-7)14-5(3)6(9)13/h4-5H,1-3H3,(H2,9,13)(H,10,11). The quantitative estimate of drug-likeness (QED) is 0.766. The number of primary amides is 1. The first kappa shape index (κ1) is 12.3. The van der Waals surface area contributed by atoms with Crippen LogP contribution in [0.3, 0.4) is 0 Å². The Labute approximate surface area is 96.8 Å². The molecule has 1 amide bonds. The lowest BCUT2D eigenvalue weighted by atomic mass is 10.4. The second-order valence-corrected chi connectivity index (χ2v) is 5.90. The summed E-state index contributed by atoms with van der Waals surface area (Å²) in [4.78, 5) is 10.8. The third-order valence-electron chi connectivity index (χ3n) is 1.50. The summed E-state index contributed by atoms with van der Waals surface area (Å²) >= 11 is 2.76. The van der Waals surface area contributed by atoms with Gasteiger partial charge in [0.1, 0.15) is 0 Å². The van der Waals surface area contributed by atoms with Gasteiger partial charge >= 0.3 is 0 Å². The fourth-order valence-electron chi connectivity index (χ4n) is 0.772. The summed E-state index contributed by atoms with van der Waals surface area (Å²) in [7, 11) is 0. The van der Waals surface area contributed by atoms with Crippen LogP contribution >= 0.6 is 23.1 Å². The number of amides is 1. The number of rotatable bonds is 5. The number of nitrogens with zero attached hydrogens (tertiary/aromatic N) is 2. The SMILES string of the molecule is CC(C)Nc1nnc(SC(C)C(N)=O)s1. The third-order valence-corrected chi connectivity index (χ3v) is 3.55. The molecule has 1 aromatic rings. The highest BCUT2D eigenvalue weighted by atomic mass is 32.2. The molecule has 0 spiro atoms. The van der Waals surface area contributed by atoms with Gasteiger partial charge in [0.15, 0.2) is 4.34 Å². The van der Waals surface area contributed by atoms with Crippen molar-refractivity contribution in [3.05, 3.63) is 0 Å². The fraction of sp³-hybridized carbons (Fsp3) is 0.625. The molecule has 1 atom stereocenters. The van der Waals surface area contributed by atoms with Crippen LogP contribution in [0.4, 0.5) is 5.13 Å². The average molecular weight is 246 g/mol. The lowest BCUT2D eigenvalue weighted by Gasteiger charge is -2.03. The van der Waals surface area contributed by atoms with Crippen LogP contribution in [0.1, 0.15) is 20.8 Å². The Bertz CT molecular complexity index is 339. The summed E-state index contributed by atoms with van der Waals surface area (Å²) in [5.74, 6) is -0.339. The van der Waals surface area contributed by atoms with E-state index in [2.05, 4.69) is 15.5 Å². The molecule has 3 N–H and O–H groups in total. The lowest BCUT2D eigenvalue weighted by Crippen LogP contribution is -2.22. The van der Waals surface area contributed by atoms with E-state index in [1.807, 2.05) is 13.8 Å². The van der Waals surface area contributed by atoms with Crippen molar-refractivity contribution >= 4 is 34.1 Å². The van der Waals surface area contributed by atoms with E-state index in [0.29, 0.717) is 6.04 Å². The molecule has 0 aromatic carbocycles. The van der Waals surface area contributed by atoms with Gasteiger partial charge in [-0.3, -0.25) is 4.79 Å². The van der Waals surface area contributed by atoms with Crippen molar-refractivity contribution in [1.29, 1.82) is 0 Å². The van der Waals surface area contributed by atoms with Crippen LogP contribution in [0.5, 0.6) is 0 Å². The fourth-order valence-corrected chi connectivity index (χ4v) is 2.76. The summed E-state index contributed by atoms with van der Waals surface area (Å²) in [5, 5.41) is 11.5. The predicted octanol–water partition coefficient (Wildman–Crippen LogP) is 1.32. The number of aromatic nitrogens is 2. The molecule has 0 bridgehead atoms. The molecule has 1 aromatic heterocycles. The molecule has 0 radical (unpaired) electrons. The van der Waals surface area contributed by atoms with Gasteiger partial charge in [-0.15, -0.1) is 10.2 Å². The van der Waals surface area contributed by atoms with E-state index in [9.17, 15) is 4.79 Å². The maximum absolute atomic E-state index is 10.8. The number of carbonyl (C=O) groups excluding carboxylic acids is 1. The third kappa shape index (κ3) is 4.05. The van der Waals surface area contributed by atoms with Gasteiger partial charge in [0.2, 0.25) is 11.0 Å². The second kappa shape index (κ2) is 5.32. The molecule has 1 unspecified atom stereocenters. The minimum atomic E-state index is -0.339. The van der Waals surface area contributed by atoms with Crippen molar-refractivity contribution in [1.82, 2.24) is 10.2 Å². The van der Waals surface area contributed by atoms with Gasteiger partial charge in [-0.1, -0.05) is 23.1 Å². The monoisotopic (exact) mass is 246 g/mol. The molecule has 15 heavy (non-hydrogen) atoms. The van der Waals surface area contributed by atoms with E-state index in [0.717, 1.165) is 9.47 Å². The van der Waals surface area contributed by atoms with E-state index in [4.69, 9.17) is 5.73 Å². The number of hydrogen-bond donors (Lipinski definition) is 2. The van der Waals surface area contributed by atoms with Gasteiger partial charge in [0, 0.05) is 6.04 Å². The summed E-state index contributed by atoms with van der Waals surface area (Å²) < 4.78 is 0.754. The van der Waals surface area contributed by atoms with Crippen LogP contribution in [0, 0.1) is 0 Å². The number of nitrogens with two attached hydrogens (primary N) is 1. The average Bonchev–Trinajstić information content (AvgIpc) is 2.51. The molecule has 5 nitrogen and oxygen atoms in total. The first-order valence-corrected chi connectivity index (χ1v) is 6.24. The van der Waals surface area contributed by atoms with Crippen molar-refractivity contribution in [3.63, 3.8) is 0 Å². The molecule has 1 rings (SSSR count). The first-order valence-electron chi connectivity index (χ1n) is 4.55. The van der Waals surface area contributed by atoms with E-state index in [1.165, 1.54) is 23.1 Å². The van der Waals surface area contributed by atoms with E-state index in [1.54, 1.807) is 6.92 Å². The summed E-state index contributed by atoms with van der Waals surface area (Å²) in [6.07, 6.45) is 0. The number of anilines is 1. The van der Waals surface area contributed by atoms with Gasteiger partial charge in [-0.2, -0.15) is 0 Å². The molecular formula is C8H14N4OS2. The largest absolute Gasteiger partial charge is 0.369 e. The van der Waals surface area contributed by atoms with Gasteiger partial charge in [0.25, 0.3) is 0 Å². The highest BCUT2D eigenvalue weighted by molar-refractivity contribution is 8.02. The molecule has 1 heterocycles. The zero-order valence-corrected chi connectivity index (χ0v) is 10.5. The van der Waals surface area contributed by atoms with Crippen LogP contribution in [0.15, 0.2) is 4.34 Å². The molecule has 0 fully saturated rings. The van der Waals surface area contributed by atoms with E-state index >= 15 is 0 Å². The molecule has 7 heteroatoms. The topological polar surface area (TPSA) is 80.9 Å². The minimum absolute atomic E-state index is 0.273. The number of nitrogens with one attached hydrogen (secondary N) is 1. The Morgan fingerprint density at radius 3 is 2.67 bits per heavy atom. The summed E-state index contributed by atoms with van der Waals surface area (Å²) in [6.45, 7) is 5.81. The van der Waals surface area contributed by atoms with Crippen molar-refractivity contribution < 1.29 is 4.79 Å². The highest BCUT2D eigenvalue weighted by Crippen LogP contribution is 2.28. The van der Waals surface area contributed by atoms with Gasteiger partial charge in [0.05, 0.1) is 5.25 Å². The lowest BCUT2D eigenvalue weighted by molar-refractivity contribution is -0.117. The van der Waals surface area contributed by atoms with Crippen LogP contribution in [-0.4, -0.2) is 27.4 Å². The zero-order valence-electron chi connectivity index (χ0n) is 8.85. The molecule has 0 aliphatic carbocycles. The van der Waals surface area contributed by atoms with Crippen molar-refractivity contribution in [2.45, 2.75) is 36.4 Å². The maximum Gasteiger partial charge on any atom is 0.230 e. The Kier molecular flexibility index (Phi) is 4.34. The minimum Gasteiger partial charge on any atom is -0.369 e. The summed E-state index contributed by atoms with van der Waals surface area (Å²) in [6, 6.07) is 0.323. The van der Waals surface area contributed by atoms with Crippen LogP contribution < -0.4 is 11.1 Å². The Hall–Kier alpha value is -0.820. The highest BCUT2D eigenvalue weighted by Gasteiger charge is 2.14. The Balaban J connectivity index is 2.56. The van der Waals surface area contributed by atoms with Crippen molar-refractivity contribution in [2.75, 3.05) is 5.32 Å². The zero-order chi connectivity index (χ0) is 11.4. The second-order valence-electron chi connectivity index (χ2n) is 3.33. The molecule has 0 aliphatic heterocycles. The molecular weight excluding hydrogens is 232 g/mol. The summed E-state index contributed by atoms with van der Waals surface area (Å²) in [5.41, 5.74) is 5.15. The first-order chi connectivity index (χ1) is 6.99. The Morgan fingerprint density at radius 2 is 2.13 bits per heavy atom. The maximum atomic E-state index is 10.8. The smallest absolute Gasteiger partial charge is 0.230 e. The Morgan fingerprint density at radius 1 is 1.47 bits per heavy atom. The van der Waals surface area contributed by atoms with Gasteiger partial charge in [-0.05, 0) is 20.8 Å². The predicted molar refractivity (Wildman–Crippen MR) is 63.2 cm³/mol. The number of carbonyl (C=O) groups is 1. The van der Waals surface area contributed by atoms with Crippen LogP contribution in [-0.2, 0) is 4.79 Å². The molecule has 0 aliphatic rings. The van der Waals surface area contributed by atoms with Gasteiger partial charge in [-0.25, -0.2) is 0 Å². The molecule has 0 saturated heterocycles. The van der Waals surface area contributed by atoms with Crippen LogP contribution in [0.25, 0.3) is 0 Å². The van der Waals surface area contributed by atoms with Crippen molar-refractivity contribution in [3.8, 4) is 0 Å². The molecule has 0 saturated carbocycles. The number of thioether (sulfide) groups is 1. The van der Waals surface area contributed by atoms with Crippen molar-refractivity contribution in [2.24, 2.45) is 5.73 Å². The molecule has 84 valence electrons.